The van der Waals surface area contributed by atoms with E-state index in [2.05, 4.69) is 25.9 Å². The number of nitrogens with zero attached hydrogens (tertiary/aromatic N) is 2. The van der Waals surface area contributed by atoms with Gasteiger partial charge in [0.05, 0.1) is 22.8 Å². The number of rotatable bonds is 1. The molecule has 1 aromatic heterocycles. The van der Waals surface area contributed by atoms with Gasteiger partial charge in [-0.3, -0.25) is 4.98 Å². The van der Waals surface area contributed by atoms with E-state index in [0.29, 0.717) is 15.6 Å². The molecule has 0 amide bonds. The predicted molar refractivity (Wildman–Crippen MR) is 54.2 cm³/mol. The fourth-order valence-electron chi connectivity index (χ4n) is 1.12. The van der Waals surface area contributed by atoms with Crippen LogP contribution in [0.2, 0.25) is 0 Å². The largest absolute Gasteiger partial charge is 0.478 e. The summed E-state index contributed by atoms with van der Waals surface area (Å²) in [5.41, 5.74) is 1.46. The number of aromatic carboxylic acids is 1. The van der Waals surface area contributed by atoms with E-state index in [1.54, 1.807) is 12.3 Å². The topological polar surface area (TPSA) is 63.1 Å². The Labute approximate surface area is 87.7 Å². The van der Waals surface area contributed by atoms with Crippen molar-refractivity contribution in [3.05, 3.63) is 34.6 Å². The van der Waals surface area contributed by atoms with E-state index in [0.717, 1.165) is 0 Å². The molecule has 0 saturated carbocycles. The highest BCUT2D eigenvalue weighted by molar-refractivity contribution is 9.10. The van der Waals surface area contributed by atoms with Gasteiger partial charge in [-0.2, -0.15) is 0 Å². The normalized spacial score (nSPS) is 10.4. The van der Waals surface area contributed by atoms with Gasteiger partial charge in [-0.05, 0) is 34.1 Å². The lowest BCUT2D eigenvalue weighted by Gasteiger charge is -1.98. The molecule has 2 rings (SSSR count). The van der Waals surface area contributed by atoms with Crippen molar-refractivity contribution in [2.75, 3.05) is 0 Å². The van der Waals surface area contributed by atoms with Crippen LogP contribution in [0, 0.1) is 0 Å². The number of carbonyl (C=O) groups is 1. The van der Waals surface area contributed by atoms with Crippen LogP contribution < -0.4 is 0 Å². The molecule has 0 fully saturated rings. The first kappa shape index (κ1) is 9.08. The van der Waals surface area contributed by atoms with Crippen molar-refractivity contribution in [1.29, 1.82) is 0 Å². The summed E-state index contributed by atoms with van der Waals surface area (Å²) < 4.78 is 0.590. The quantitative estimate of drug-likeness (QED) is 0.845. The van der Waals surface area contributed by atoms with E-state index in [1.807, 2.05) is 0 Å². The molecule has 0 bridgehead atoms. The molecular formula is C9H5BrN2O2. The standard InChI is InChI=1S/C9H5BrN2O2/c10-8-4-11-6-2-1-5(9(13)14)3-7(6)12-8/h1-4H,(H,13,14). The zero-order chi connectivity index (χ0) is 10.1. The Hall–Kier alpha value is -1.49. The molecule has 0 saturated heterocycles. The first-order valence-electron chi connectivity index (χ1n) is 3.82. The van der Waals surface area contributed by atoms with E-state index < -0.39 is 5.97 Å². The number of hydrogen-bond acceptors (Lipinski definition) is 3. The van der Waals surface area contributed by atoms with Crippen LogP contribution in [0.3, 0.4) is 0 Å². The SMILES string of the molecule is O=C(O)c1ccc2ncc(Br)nc2c1. The highest BCUT2D eigenvalue weighted by Gasteiger charge is 2.04. The Morgan fingerprint density at radius 2 is 2.14 bits per heavy atom. The minimum Gasteiger partial charge on any atom is -0.478 e. The lowest BCUT2D eigenvalue weighted by molar-refractivity contribution is 0.0697. The lowest BCUT2D eigenvalue weighted by Crippen LogP contribution is -1.96. The number of fused-ring (bicyclic) bond motifs is 1. The van der Waals surface area contributed by atoms with Crippen LogP contribution in [-0.4, -0.2) is 21.0 Å². The smallest absolute Gasteiger partial charge is 0.335 e. The summed E-state index contributed by atoms with van der Waals surface area (Å²) in [4.78, 5) is 18.9. The van der Waals surface area contributed by atoms with Gasteiger partial charge in [0.1, 0.15) is 4.60 Å². The second kappa shape index (κ2) is 3.34. The summed E-state index contributed by atoms with van der Waals surface area (Å²) in [6, 6.07) is 4.64. The third-order valence-electron chi connectivity index (χ3n) is 1.76. The molecule has 70 valence electrons. The minimum atomic E-state index is -0.964. The second-order valence-electron chi connectivity index (χ2n) is 2.70. The molecule has 4 nitrogen and oxygen atoms in total. The molecule has 1 N–H and O–H groups in total. The number of aromatic nitrogens is 2. The molecule has 0 radical (unpaired) electrons. The molecule has 0 spiro atoms. The van der Waals surface area contributed by atoms with E-state index in [-0.39, 0.29) is 5.56 Å². The Kier molecular flexibility index (Phi) is 2.17. The van der Waals surface area contributed by atoms with Crippen LogP contribution in [0.5, 0.6) is 0 Å². The van der Waals surface area contributed by atoms with Crippen LogP contribution >= 0.6 is 15.9 Å². The number of carboxylic acids is 1. The van der Waals surface area contributed by atoms with Gasteiger partial charge in [0, 0.05) is 0 Å². The predicted octanol–water partition coefficient (Wildman–Crippen LogP) is 2.09. The van der Waals surface area contributed by atoms with Crippen molar-refractivity contribution in [2.45, 2.75) is 0 Å². The summed E-state index contributed by atoms with van der Waals surface area (Å²) in [6.45, 7) is 0. The maximum Gasteiger partial charge on any atom is 0.335 e. The van der Waals surface area contributed by atoms with Gasteiger partial charge in [0.15, 0.2) is 0 Å². The molecule has 0 aliphatic heterocycles. The molecule has 5 heteroatoms. The van der Waals surface area contributed by atoms with Crippen molar-refractivity contribution < 1.29 is 9.90 Å². The van der Waals surface area contributed by atoms with Gasteiger partial charge < -0.3 is 5.11 Å². The van der Waals surface area contributed by atoms with Crippen molar-refractivity contribution >= 4 is 32.9 Å². The minimum absolute atomic E-state index is 0.213. The molecule has 1 aromatic carbocycles. The van der Waals surface area contributed by atoms with Crippen LogP contribution in [0.4, 0.5) is 0 Å². The fraction of sp³-hybridized carbons (Fsp3) is 0. The van der Waals surface area contributed by atoms with Gasteiger partial charge in [0.25, 0.3) is 0 Å². The molecule has 0 unspecified atom stereocenters. The Morgan fingerprint density at radius 1 is 1.36 bits per heavy atom. The van der Waals surface area contributed by atoms with Gasteiger partial charge >= 0.3 is 5.97 Å². The summed E-state index contributed by atoms with van der Waals surface area (Å²) in [5.74, 6) is -0.964. The van der Waals surface area contributed by atoms with Crippen molar-refractivity contribution in [1.82, 2.24) is 9.97 Å². The van der Waals surface area contributed by atoms with Crippen LogP contribution in [-0.2, 0) is 0 Å². The van der Waals surface area contributed by atoms with Crippen molar-refractivity contribution in [3.63, 3.8) is 0 Å². The molecule has 0 aliphatic rings. The van der Waals surface area contributed by atoms with Gasteiger partial charge in [-0.25, -0.2) is 9.78 Å². The van der Waals surface area contributed by atoms with Crippen LogP contribution in [0.15, 0.2) is 29.0 Å². The molecule has 0 atom stereocenters. The van der Waals surface area contributed by atoms with Crippen molar-refractivity contribution in [2.24, 2.45) is 0 Å². The fourth-order valence-corrected chi connectivity index (χ4v) is 1.42. The summed E-state index contributed by atoms with van der Waals surface area (Å²) in [7, 11) is 0. The van der Waals surface area contributed by atoms with Gasteiger partial charge in [-0.15, -0.1) is 0 Å². The zero-order valence-corrected chi connectivity index (χ0v) is 8.52. The van der Waals surface area contributed by atoms with E-state index in [4.69, 9.17) is 5.11 Å². The number of halogens is 1. The Morgan fingerprint density at radius 3 is 2.86 bits per heavy atom. The summed E-state index contributed by atoms with van der Waals surface area (Å²) in [6.07, 6.45) is 1.57. The average molecular weight is 253 g/mol. The second-order valence-corrected chi connectivity index (χ2v) is 3.51. The van der Waals surface area contributed by atoms with E-state index >= 15 is 0 Å². The van der Waals surface area contributed by atoms with E-state index in [1.165, 1.54) is 12.1 Å². The van der Waals surface area contributed by atoms with Crippen LogP contribution in [0.1, 0.15) is 10.4 Å². The first-order valence-corrected chi connectivity index (χ1v) is 4.62. The number of carboxylic acid groups (broad SMARTS) is 1. The molecular weight excluding hydrogens is 248 g/mol. The van der Waals surface area contributed by atoms with Crippen LogP contribution in [0.25, 0.3) is 11.0 Å². The maximum atomic E-state index is 10.7. The van der Waals surface area contributed by atoms with E-state index in [9.17, 15) is 4.79 Å². The highest BCUT2D eigenvalue weighted by Crippen LogP contribution is 2.14. The summed E-state index contributed by atoms with van der Waals surface area (Å²) >= 11 is 3.17. The number of benzene rings is 1. The van der Waals surface area contributed by atoms with Crippen molar-refractivity contribution in [3.8, 4) is 0 Å². The molecule has 2 aromatic rings. The maximum absolute atomic E-state index is 10.7. The molecule has 14 heavy (non-hydrogen) atoms. The average Bonchev–Trinajstić information content (AvgIpc) is 2.16. The number of hydrogen-bond donors (Lipinski definition) is 1. The Bertz CT molecular complexity index is 513. The lowest BCUT2D eigenvalue weighted by atomic mass is 10.2. The zero-order valence-electron chi connectivity index (χ0n) is 6.94. The first-order chi connectivity index (χ1) is 6.66. The third kappa shape index (κ3) is 1.58. The monoisotopic (exact) mass is 252 g/mol. The highest BCUT2D eigenvalue weighted by atomic mass is 79.9. The molecule has 0 aliphatic carbocycles. The van der Waals surface area contributed by atoms with Gasteiger partial charge in [-0.1, -0.05) is 0 Å². The van der Waals surface area contributed by atoms with Gasteiger partial charge in [0.2, 0.25) is 0 Å². The summed E-state index contributed by atoms with van der Waals surface area (Å²) in [5, 5.41) is 8.75. The molecule has 1 heterocycles. The third-order valence-corrected chi connectivity index (χ3v) is 2.14. The Balaban J connectivity index is 2.69.